The fourth-order valence-corrected chi connectivity index (χ4v) is 1.56. The van der Waals surface area contributed by atoms with Crippen molar-refractivity contribution in [3.05, 3.63) is 20.8 Å². The van der Waals surface area contributed by atoms with Crippen LogP contribution in [0.2, 0.25) is 0 Å². The Morgan fingerprint density at radius 1 is 1.81 bits per heavy atom. The summed E-state index contributed by atoms with van der Waals surface area (Å²) in [5.41, 5.74) is 0. The molecule has 0 bridgehead atoms. The molecule has 0 saturated heterocycles. The summed E-state index contributed by atoms with van der Waals surface area (Å²) in [5, 5.41) is 14.3. The van der Waals surface area contributed by atoms with Crippen molar-refractivity contribution in [3.63, 3.8) is 0 Å². The molecule has 0 amide bonds. The Kier molecular flexibility index (Phi) is 3.99. The van der Waals surface area contributed by atoms with Crippen LogP contribution in [0.5, 0.6) is 0 Å². The Balaban J connectivity index is 2.84. The number of halogens is 1. The van der Waals surface area contributed by atoms with Crippen LogP contribution in [0.1, 0.15) is 19.4 Å². The summed E-state index contributed by atoms with van der Waals surface area (Å²) in [7, 11) is 1.29. The van der Waals surface area contributed by atoms with Crippen molar-refractivity contribution in [2.24, 2.45) is 0 Å². The summed E-state index contributed by atoms with van der Waals surface area (Å²) in [4.78, 5) is 21.0. The number of hydrogen-bond acceptors (Lipinski definition) is 5. The van der Waals surface area contributed by atoms with Gasteiger partial charge in [0.05, 0.1) is 30.9 Å². The Labute approximate surface area is 99.7 Å². The highest BCUT2D eigenvalue weighted by molar-refractivity contribution is 9.10. The number of methoxy groups -OCH3 is 1. The second-order valence-corrected chi connectivity index (χ2v) is 4.02. The highest BCUT2D eigenvalue weighted by Gasteiger charge is 2.22. The number of carbonyl (C=O) groups is 1. The molecule has 0 fully saturated rings. The topological polar surface area (TPSA) is 87.3 Å². The van der Waals surface area contributed by atoms with Gasteiger partial charge in [0.1, 0.15) is 4.47 Å². The first-order valence-corrected chi connectivity index (χ1v) is 5.21. The first-order chi connectivity index (χ1) is 7.45. The lowest BCUT2D eigenvalue weighted by Crippen LogP contribution is -2.12. The zero-order valence-corrected chi connectivity index (χ0v) is 10.3. The number of carbonyl (C=O) groups excluding carboxylic acids is 1. The molecule has 0 radical (unpaired) electrons. The minimum atomic E-state index is -0.592. The molecule has 1 heterocycles. The zero-order chi connectivity index (χ0) is 12.3. The van der Waals surface area contributed by atoms with Crippen molar-refractivity contribution in [1.82, 2.24) is 9.78 Å². The van der Waals surface area contributed by atoms with Crippen LogP contribution in [-0.4, -0.2) is 27.8 Å². The number of ether oxygens (including phenoxy) is 1. The van der Waals surface area contributed by atoms with Gasteiger partial charge >= 0.3 is 11.8 Å². The van der Waals surface area contributed by atoms with E-state index in [4.69, 9.17) is 0 Å². The molecule has 1 unspecified atom stereocenters. The predicted octanol–water partition coefficient (Wildman–Crippen LogP) is 1.68. The molecule has 0 saturated carbocycles. The number of nitrogens with zero attached hydrogens (tertiary/aromatic N) is 3. The first-order valence-electron chi connectivity index (χ1n) is 4.41. The van der Waals surface area contributed by atoms with Gasteiger partial charge in [-0.1, -0.05) is 0 Å². The number of hydrogen-bond donors (Lipinski definition) is 0. The van der Waals surface area contributed by atoms with Gasteiger partial charge in [-0.05, 0) is 27.8 Å². The Hall–Kier alpha value is -1.44. The Morgan fingerprint density at radius 2 is 2.44 bits per heavy atom. The smallest absolute Gasteiger partial charge is 0.404 e. The third-order valence-corrected chi connectivity index (χ3v) is 2.54. The van der Waals surface area contributed by atoms with E-state index in [0.29, 0.717) is 0 Å². The summed E-state index contributed by atoms with van der Waals surface area (Å²) >= 11 is 3.03. The average Bonchev–Trinajstić information content (AvgIpc) is 2.60. The molecule has 1 aromatic rings. The van der Waals surface area contributed by atoms with E-state index < -0.39 is 4.92 Å². The predicted molar refractivity (Wildman–Crippen MR) is 57.9 cm³/mol. The quantitative estimate of drug-likeness (QED) is 0.478. The maximum absolute atomic E-state index is 11.0. The van der Waals surface area contributed by atoms with E-state index in [0.717, 1.165) is 0 Å². The molecule has 0 aromatic carbocycles. The van der Waals surface area contributed by atoms with E-state index >= 15 is 0 Å². The van der Waals surface area contributed by atoms with Crippen LogP contribution in [-0.2, 0) is 9.53 Å². The molecule has 1 aromatic heterocycles. The third-order valence-electron chi connectivity index (χ3n) is 1.98. The molecule has 16 heavy (non-hydrogen) atoms. The van der Waals surface area contributed by atoms with Crippen molar-refractivity contribution >= 4 is 27.7 Å². The molecule has 7 nitrogen and oxygen atoms in total. The van der Waals surface area contributed by atoms with Gasteiger partial charge < -0.3 is 14.9 Å². The largest absolute Gasteiger partial charge is 0.469 e. The molecule has 1 atom stereocenters. The van der Waals surface area contributed by atoms with Crippen LogP contribution in [0.15, 0.2) is 10.7 Å². The van der Waals surface area contributed by atoms with Crippen LogP contribution < -0.4 is 0 Å². The van der Waals surface area contributed by atoms with Gasteiger partial charge in [0.2, 0.25) is 0 Å². The minimum Gasteiger partial charge on any atom is -0.469 e. The molecule has 0 N–H and O–H groups in total. The molecule has 8 heteroatoms. The molecule has 88 valence electrons. The average molecular weight is 292 g/mol. The van der Waals surface area contributed by atoms with Gasteiger partial charge in [0.15, 0.2) is 0 Å². The molecule has 0 aliphatic rings. The van der Waals surface area contributed by atoms with Crippen LogP contribution >= 0.6 is 15.9 Å². The van der Waals surface area contributed by atoms with Crippen LogP contribution in [0, 0.1) is 10.1 Å². The molecular weight excluding hydrogens is 282 g/mol. The lowest BCUT2D eigenvalue weighted by Gasteiger charge is -2.05. The fourth-order valence-electron chi connectivity index (χ4n) is 1.13. The van der Waals surface area contributed by atoms with E-state index in [1.807, 2.05) is 0 Å². The second-order valence-electron chi connectivity index (χ2n) is 3.17. The van der Waals surface area contributed by atoms with Crippen LogP contribution in [0.4, 0.5) is 5.82 Å². The summed E-state index contributed by atoms with van der Waals surface area (Å²) in [6.07, 6.45) is 1.58. The van der Waals surface area contributed by atoms with Gasteiger partial charge in [-0.25, -0.2) is 0 Å². The van der Waals surface area contributed by atoms with E-state index in [1.165, 1.54) is 18.0 Å². The molecule has 0 spiro atoms. The normalized spacial score (nSPS) is 12.2. The number of nitro groups is 1. The van der Waals surface area contributed by atoms with Crippen molar-refractivity contribution in [2.45, 2.75) is 19.4 Å². The second kappa shape index (κ2) is 5.06. The van der Waals surface area contributed by atoms with Crippen LogP contribution in [0.3, 0.4) is 0 Å². The number of rotatable bonds is 4. The minimum absolute atomic E-state index is 0.113. The molecular formula is C8H10BrN3O4. The number of esters is 1. The van der Waals surface area contributed by atoms with Crippen LogP contribution in [0.25, 0.3) is 0 Å². The van der Waals surface area contributed by atoms with Gasteiger partial charge in [0.25, 0.3) is 0 Å². The lowest BCUT2D eigenvalue weighted by molar-refractivity contribution is -0.390. The lowest BCUT2D eigenvalue weighted by atomic mass is 10.2. The van der Waals surface area contributed by atoms with Crippen molar-refractivity contribution in [3.8, 4) is 0 Å². The Bertz CT molecular complexity index is 417. The highest BCUT2D eigenvalue weighted by Crippen LogP contribution is 2.24. The fraction of sp³-hybridized carbons (Fsp3) is 0.500. The Morgan fingerprint density at radius 3 is 2.88 bits per heavy atom. The zero-order valence-electron chi connectivity index (χ0n) is 8.71. The van der Waals surface area contributed by atoms with Crippen molar-refractivity contribution in [1.29, 1.82) is 0 Å². The molecule has 1 rings (SSSR count). The maximum Gasteiger partial charge on any atom is 0.404 e. The van der Waals surface area contributed by atoms with Gasteiger partial charge in [0, 0.05) is 0 Å². The third kappa shape index (κ3) is 2.78. The summed E-state index contributed by atoms with van der Waals surface area (Å²) in [6.45, 7) is 1.72. The van der Waals surface area contributed by atoms with Gasteiger partial charge in [-0.15, -0.1) is 0 Å². The van der Waals surface area contributed by atoms with Crippen molar-refractivity contribution in [2.75, 3.05) is 7.11 Å². The maximum atomic E-state index is 11.0. The first kappa shape index (κ1) is 12.6. The van der Waals surface area contributed by atoms with E-state index in [2.05, 4.69) is 25.8 Å². The molecule has 0 aliphatic carbocycles. The summed E-state index contributed by atoms with van der Waals surface area (Å²) in [6, 6.07) is -0.294. The van der Waals surface area contributed by atoms with Gasteiger partial charge in [-0.3, -0.25) is 4.79 Å². The van der Waals surface area contributed by atoms with E-state index in [1.54, 1.807) is 6.92 Å². The summed E-state index contributed by atoms with van der Waals surface area (Å²) in [5.74, 6) is -0.654. The standard InChI is InChI=1S/C8H10BrN3O4/c1-5(3-7(13)16-2)11-4-6(9)8(10-11)12(14)15/h4-5H,3H2,1-2H3. The highest BCUT2D eigenvalue weighted by atomic mass is 79.9. The van der Waals surface area contributed by atoms with Crippen molar-refractivity contribution < 1.29 is 14.5 Å². The SMILES string of the molecule is COC(=O)CC(C)n1cc(Br)c([N+](=O)[O-])n1. The van der Waals surface area contributed by atoms with Gasteiger partial charge in [-0.2, -0.15) is 4.68 Å². The van der Waals surface area contributed by atoms with E-state index in [-0.39, 0.29) is 28.7 Å². The summed E-state index contributed by atoms with van der Waals surface area (Å²) < 4.78 is 6.15. The van der Waals surface area contributed by atoms with E-state index in [9.17, 15) is 14.9 Å². The monoisotopic (exact) mass is 291 g/mol. The number of aromatic nitrogens is 2. The molecule has 0 aliphatic heterocycles.